The lowest BCUT2D eigenvalue weighted by Gasteiger charge is -2.30. The zero-order chi connectivity index (χ0) is 25.6. The third-order valence-electron chi connectivity index (χ3n) is 5.81. The van der Waals surface area contributed by atoms with Gasteiger partial charge in [-0.2, -0.15) is 20.1 Å². The number of nitrogens with one attached hydrogen (secondary N) is 2. The van der Waals surface area contributed by atoms with E-state index in [0.29, 0.717) is 50.0 Å². The van der Waals surface area contributed by atoms with Crippen molar-refractivity contribution < 1.29 is 18.9 Å². The molecule has 4 N–H and O–H groups in total. The molecule has 15 heteroatoms. The van der Waals surface area contributed by atoms with Crippen molar-refractivity contribution in [3.63, 3.8) is 0 Å². The van der Waals surface area contributed by atoms with Gasteiger partial charge in [0, 0.05) is 31.9 Å². The summed E-state index contributed by atoms with van der Waals surface area (Å²) in [6.07, 6.45) is 0. The van der Waals surface area contributed by atoms with Crippen LogP contribution in [0, 0.1) is 0 Å². The lowest BCUT2D eigenvalue weighted by atomic mass is 10.1. The highest BCUT2D eigenvalue weighted by molar-refractivity contribution is 6.01. The number of ether oxygens (including phenoxy) is 2. The molecule has 3 aromatic rings. The number of anilines is 5. The number of hydrogen-bond acceptors (Lipinski definition) is 14. The van der Waals surface area contributed by atoms with Gasteiger partial charge in [-0.3, -0.25) is 4.79 Å². The van der Waals surface area contributed by atoms with E-state index in [-0.39, 0.29) is 11.5 Å². The summed E-state index contributed by atoms with van der Waals surface area (Å²) in [5.74, 6) is 0.953. The first-order valence-corrected chi connectivity index (χ1v) is 11.8. The van der Waals surface area contributed by atoms with Gasteiger partial charge < -0.3 is 30.3 Å². The van der Waals surface area contributed by atoms with Gasteiger partial charge in [0.1, 0.15) is 0 Å². The summed E-state index contributed by atoms with van der Waals surface area (Å²) in [5.41, 5.74) is 9.96. The minimum absolute atomic E-state index is 0.104. The van der Waals surface area contributed by atoms with Crippen molar-refractivity contribution in [3.8, 4) is 0 Å². The molecule has 194 valence electrons. The molecule has 0 aliphatic carbocycles. The highest BCUT2D eigenvalue weighted by atomic mass is 16.6. The molecule has 2 aliphatic heterocycles. The molecular formula is C22H27N11O4. The topological polar surface area (TPSA) is 182 Å². The van der Waals surface area contributed by atoms with E-state index in [1.165, 1.54) is 0 Å². The molecule has 0 atom stereocenters. The van der Waals surface area contributed by atoms with Gasteiger partial charge in [0.25, 0.3) is 5.91 Å². The predicted octanol–water partition coefficient (Wildman–Crippen LogP) is 0.408. The second-order valence-electron chi connectivity index (χ2n) is 8.30. The molecule has 37 heavy (non-hydrogen) atoms. The molecule has 2 fully saturated rings. The summed E-state index contributed by atoms with van der Waals surface area (Å²) in [6, 6.07) is 7.49. The molecule has 0 saturated carbocycles. The van der Waals surface area contributed by atoms with Gasteiger partial charge in [-0.15, -0.1) is 0 Å². The molecule has 0 unspecified atom stereocenters. The molecule has 2 aliphatic rings. The van der Waals surface area contributed by atoms with Gasteiger partial charge in [-0.25, -0.2) is 10.1 Å². The van der Waals surface area contributed by atoms with Gasteiger partial charge in [-0.1, -0.05) is 12.1 Å². The first-order chi connectivity index (χ1) is 18.1. The molecule has 0 bridgehead atoms. The van der Waals surface area contributed by atoms with Gasteiger partial charge in [0.15, 0.2) is 0 Å². The summed E-state index contributed by atoms with van der Waals surface area (Å²) in [4.78, 5) is 30.3. The van der Waals surface area contributed by atoms with E-state index in [4.69, 9.17) is 20.2 Å². The number of carbonyl (C=O) groups excluding carboxylic acids is 1. The van der Waals surface area contributed by atoms with Crippen molar-refractivity contribution in [1.29, 1.82) is 0 Å². The summed E-state index contributed by atoms with van der Waals surface area (Å²) in [6.45, 7) is 7.17. The first kappa shape index (κ1) is 24.3. The Kier molecular flexibility index (Phi) is 7.32. The smallest absolute Gasteiger partial charge is 0.297 e. The summed E-state index contributed by atoms with van der Waals surface area (Å²) in [5, 5.41) is 14.2. The van der Waals surface area contributed by atoms with E-state index >= 15 is 0 Å². The van der Waals surface area contributed by atoms with Crippen molar-refractivity contribution in [2.75, 3.05) is 73.5 Å². The van der Waals surface area contributed by atoms with Crippen LogP contribution in [0.25, 0.3) is 0 Å². The van der Waals surface area contributed by atoms with Gasteiger partial charge in [0.05, 0.1) is 32.1 Å². The number of hydrogen-bond donors (Lipinski definition) is 3. The third-order valence-corrected chi connectivity index (χ3v) is 5.81. The van der Waals surface area contributed by atoms with Gasteiger partial charge >= 0.3 is 0 Å². The van der Waals surface area contributed by atoms with Crippen LogP contribution in [-0.2, 0) is 9.47 Å². The van der Waals surface area contributed by atoms with Crippen LogP contribution in [-0.4, -0.2) is 89.5 Å². The molecule has 4 heterocycles. The van der Waals surface area contributed by atoms with Crippen LogP contribution in [0.4, 0.5) is 29.4 Å². The highest BCUT2D eigenvalue weighted by Crippen LogP contribution is 2.21. The Labute approximate surface area is 212 Å². The second-order valence-corrected chi connectivity index (χ2v) is 8.30. The molecule has 2 saturated heterocycles. The number of carbonyl (C=O) groups is 1. The van der Waals surface area contributed by atoms with Crippen molar-refractivity contribution in [3.05, 3.63) is 35.5 Å². The predicted molar refractivity (Wildman–Crippen MR) is 134 cm³/mol. The minimum Gasteiger partial charge on any atom is -0.379 e. The van der Waals surface area contributed by atoms with Crippen LogP contribution in [0.5, 0.6) is 0 Å². The Morgan fingerprint density at radius 3 is 2.05 bits per heavy atom. The fourth-order valence-corrected chi connectivity index (χ4v) is 3.75. The van der Waals surface area contributed by atoms with E-state index in [1.807, 2.05) is 24.3 Å². The summed E-state index contributed by atoms with van der Waals surface area (Å²) >= 11 is 0. The Hall–Kier alpha value is -4.37. The number of benzene rings is 1. The molecule has 2 aromatic heterocycles. The number of morpholine rings is 2. The van der Waals surface area contributed by atoms with Crippen LogP contribution in [0.3, 0.4) is 0 Å². The van der Waals surface area contributed by atoms with Crippen molar-refractivity contribution in [1.82, 2.24) is 30.7 Å². The van der Waals surface area contributed by atoms with E-state index in [1.54, 1.807) is 6.92 Å². The molecule has 1 amide bonds. The first-order valence-electron chi connectivity index (χ1n) is 11.8. The zero-order valence-electron chi connectivity index (χ0n) is 20.3. The lowest BCUT2D eigenvalue weighted by molar-refractivity contribution is 0.0945. The average Bonchev–Trinajstić information content (AvgIpc) is 3.38. The number of nitrogens with two attached hydrogens (primary N) is 1. The molecule has 5 rings (SSSR count). The number of hydrazone groups is 1. The van der Waals surface area contributed by atoms with E-state index in [9.17, 15) is 4.79 Å². The quantitative estimate of drug-likeness (QED) is 0.294. The second kappa shape index (κ2) is 11.1. The monoisotopic (exact) mass is 509 g/mol. The largest absolute Gasteiger partial charge is 0.379 e. The number of nitrogens with zero attached hydrogens (tertiary/aromatic N) is 8. The minimum atomic E-state index is -0.613. The van der Waals surface area contributed by atoms with Crippen LogP contribution >= 0.6 is 0 Å². The van der Waals surface area contributed by atoms with Crippen molar-refractivity contribution >= 4 is 41.0 Å². The van der Waals surface area contributed by atoms with Crippen LogP contribution in [0.15, 0.2) is 34.0 Å². The van der Waals surface area contributed by atoms with Crippen LogP contribution in [0.1, 0.15) is 23.0 Å². The molecule has 1 aromatic carbocycles. The lowest BCUT2D eigenvalue weighted by Crippen LogP contribution is -2.40. The number of nitrogen functional groups attached to an aromatic ring is 1. The molecular weight excluding hydrogens is 482 g/mol. The maximum Gasteiger partial charge on any atom is 0.297 e. The average molecular weight is 510 g/mol. The van der Waals surface area contributed by atoms with E-state index < -0.39 is 5.91 Å². The van der Waals surface area contributed by atoms with Crippen LogP contribution < -0.4 is 26.3 Å². The molecule has 0 radical (unpaired) electrons. The van der Waals surface area contributed by atoms with Gasteiger partial charge in [0.2, 0.25) is 29.4 Å². The Morgan fingerprint density at radius 1 is 0.919 bits per heavy atom. The Bertz CT molecular complexity index is 1220. The van der Waals surface area contributed by atoms with Crippen molar-refractivity contribution in [2.24, 2.45) is 5.10 Å². The third kappa shape index (κ3) is 5.90. The van der Waals surface area contributed by atoms with Crippen molar-refractivity contribution in [2.45, 2.75) is 6.92 Å². The van der Waals surface area contributed by atoms with E-state index in [0.717, 1.165) is 37.4 Å². The maximum absolute atomic E-state index is 12.1. The zero-order valence-corrected chi connectivity index (χ0v) is 20.3. The maximum atomic E-state index is 12.1. The fourth-order valence-electron chi connectivity index (χ4n) is 3.75. The van der Waals surface area contributed by atoms with Gasteiger partial charge in [-0.05, 0) is 34.9 Å². The Morgan fingerprint density at radius 2 is 1.51 bits per heavy atom. The molecule has 0 spiro atoms. The van der Waals surface area contributed by atoms with Crippen LogP contribution in [0.2, 0.25) is 0 Å². The standard InChI is InChI=1S/C22H27N11O4/c1-14(28-29-19(34)17-18(23)31-37-30-17)15-2-4-16(5-3-15)24-20-25-21(32-6-10-35-11-7-32)27-22(26-20)33-8-12-36-13-9-33/h2-5H,6-13H2,1H3,(H2,23,31)(H,29,34)(H,24,25,26,27)/b28-14-. The highest BCUT2D eigenvalue weighted by Gasteiger charge is 2.21. The summed E-state index contributed by atoms with van der Waals surface area (Å²) < 4.78 is 15.4. The molecule has 15 nitrogen and oxygen atoms in total. The number of amides is 1. The number of rotatable bonds is 7. The number of aromatic nitrogens is 5. The summed E-state index contributed by atoms with van der Waals surface area (Å²) in [7, 11) is 0. The Balaban J connectivity index is 1.30. The fraction of sp³-hybridized carbons (Fsp3) is 0.409. The van der Waals surface area contributed by atoms with E-state index in [2.05, 4.69) is 50.6 Å². The SMILES string of the molecule is C/C(=N/NC(=O)c1nonc1N)c1ccc(Nc2nc(N3CCOCC3)nc(N3CCOCC3)n2)cc1. The normalized spacial score (nSPS) is 16.5.